The molecule has 0 aliphatic carbocycles. The van der Waals surface area contributed by atoms with E-state index in [1.54, 1.807) is 0 Å². The van der Waals surface area contributed by atoms with Crippen LogP contribution in [0.15, 0.2) is 6.07 Å². The Labute approximate surface area is 86.0 Å². The average Bonchev–Trinajstić information content (AvgIpc) is 2.14. The van der Waals surface area contributed by atoms with Crippen LogP contribution in [0.2, 0.25) is 0 Å². The predicted octanol–water partition coefficient (Wildman–Crippen LogP) is 2.02. The van der Waals surface area contributed by atoms with E-state index >= 15 is 0 Å². The van der Waals surface area contributed by atoms with E-state index in [4.69, 9.17) is 0 Å². The summed E-state index contributed by atoms with van der Waals surface area (Å²) >= 11 is 0. The summed E-state index contributed by atoms with van der Waals surface area (Å²) in [7, 11) is 0. The van der Waals surface area contributed by atoms with Crippen LogP contribution in [0.25, 0.3) is 0 Å². The minimum atomic E-state index is 0.398. The van der Waals surface area contributed by atoms with Crippen molar-refractivity contribution in [2.24, 2.45) is 0 Å². The Bertz CT molecular complexity index is 295. The Morgan fingerprint density at radius 1 is 1.36 bits per heavy atom. The van der Waals surface area contributed by atoms with Crippen LogP contribution in [0.4, 0.5) is 0 Å². The summed E-state index contributed by atoms with van der Waals surface area (Å²) in [4.78, 5) is 8.90. The van der Waals surface area contributed by atoms with Gasteiger partial charge in [-0.2, -0.15) is 0 Å². The van der Waals surface area contributed by atoms with Gasteiger partial charge in [-0.3, -0.25) is 0 Å². The van der Waals surface area contributed by atoms with E-state index in [9.17, 15) is 0 Å². The van der Waals surface area contributed by atoms with E-state index in [-0.39, 0.29) is 0 Å². The van der Waals surface area contributed by atoms with Crippen molar-refractivity contribution in [2.75, 3.05) is 6.54 Å². The zero-order chi connectivity index (χ0) is 10.6. The van der Waals surface area contributed by atoms with Gasteiger partial charge in [-0.1, -0.05) is 20.8 Å². The van der Waals surface area contributed by atoms with E-state index in [0.29, 0.717) is 5.92 Å². The molecule has 0 saturated heterocycles. The summed E-state index contributed by atoms with van der Waals surface area (Å²) < 4.78 is 0. The molecular weight excluding hydrogens is 174 g/mol. The fourth-order valence-electron chi connectivity index (χ4n) is 1.26. The SMILES string of the molecule is CCNCc1cc(C)nc(C(C)C)n1. The molecule has 0 amide bonds. The molecule has 0 spiro atoms. The smallest absolute Gasteiger partial charge is 0.131 e. The lowest BCUT2D eigenvalue weighted by Crippen LogP contribution is -2.14. The number of hydrogen-bond donors (Lipinski definition) is 1. The Hall–Kier alpha value is -0.960. The maximum Gasteiger partial charge on any atom is 0.131 e. The summed E-state index contributed by atoms with van der Waals surface area (Å²) in [6, 6.07) is 2.04. The van der Waals surface area contributed by atoms with Crippen molar-refractivity contribution < 1.29 is 0 Å². The number of nitrogens with one attached hydrogen (secondary N) is 1. The molecule has 0 unspecified atom stereocenters. The lowest BCUT2D eigenvalue weighted by Gasteiger charge is -2.08. The molecular formula is C11H19N3. The van der Waals surface area contributed by atoms with Gasteiger partial charge in [0, 0.05) is 18.2 Å². The average molecular weight is 193 g/mol. The summed E-state index contributed by atoms with van der Waals surface area (Å²) in [6.07, 6.45) is 0. The Morgan fingerprint density at radius 2 is 2.07 bits per heavy atom. The third kappa shape index (κ3) is 3.07. The molecule has 3 heteroatoms. The Balaban J connectivity index is 2.84. The van der Waals surface area contributed by atoms with Gasteiger partial charge < -0.3 is 5.32 Å². The van der Waals surface area contributed by atoms with Gasteiger partial charge in [-0.25, -0.2) is 9.97 Å². The molecule has 0 aliphatic rings. The molecule has 1 aromatic rings. The number of hydrogen-bond acceptors (Lipinski definition) is 3. The minimum Gasteiger partial charge on any atom is -0.311 e. The second-order valence-electron chi connectivity index (χ2n) is 3.79. The van der Waals surface area contributed by atoms with Gasteiger partial charge in [0.15, 0.2) is 0 Å². The molecule has 0 aliphatic heterocycles. The highest BCUT2D eigenvalue weighted by Crippen LogP contribution is 2.10. The third-order valence-electron chi connectivity index (χ3n) is 2.00. The Kier molecular flexibility index (Phi) is 4.01. The maximum absolute atomic E-state index is 4.50. The first-order chi connectivity index (χ1) is 6.63. The molecule has 0 saturated carbocycles. The highest BCUT2D eigenvalue weighted by molar-refractivity contribution is 5.11. The molecule has 14 heavy (non-hydrogen) atoms. The Morgan fingerprint density at radius 3 is 2.64 bits per heavy atom. The summed E-state index contributed by atoms with van der Waals surface area (Å²) in [6.45, 7) is 10.2. The van der Waals surface area contributed by atoms with Gasteiger partial charge in [0.05, 0.1) is 5.69 Å². The van der Waals surface area contributed by atoms with E-state index in [1.807, 2.05) is 13.0 Å². The predicted molar refractivity (Wildman–Crippen MR) is 58.2 cm³/mol. The zero-order valence-electron chi connectivity index (χ0n) is 9.46. The van der Waals surface area contributed by atoms with Crippen LogP contribution in [0, 0.1) is 6.92 Å². The van der Waals surface area contributed by atoms with Crippen LogP contribution >= 0.6 is 0 Å². The minimum absolute atomic E-state index is 0.398. The fourth-order valence-corrected chi connectivity index (χ4v) is 1.26. The quantitative estimate of drug-likeness (QED) is 0.795. The zero-order valence-corrected chi connectivity index (χ0v) is 9.46. The fraction of sp³-hybridized carbons (Fsp3) is 0.636. The normalized spacial score (nSPS) is 10.9. The van der Waals surface area contributed by atoms with Crippen LogP contribution < -0.4 is 5.32 Å². The summed E-state index contributed by atoms with van der Waals surface area (Å²) in [5.74, 6) is 1.34. The van der Waals surface area contributed by atoms with Crippen molar-refractivity contribution in [1.82, 2.24) is 15.3 Å². The monoisotopic (exact) mass is 193 g/mol. The van der Waals surface area contributed by atoms with E-state index < -0.39 is 0 Å². The van der Waals surface area contributed by atoms with Gasteiger partial charge in [0.2, 0.25) is 0 Å². The third-order valence-corrected chi connectivity index (χ3v) is 2.00. The van der Waals surface area contributed by atoms with Gasteiger partial charge >= 0.3 is 0 Å². The van der Waals surface area contributed by atoms with Gasteiger partial charge in [0.1, 0.15) is 5.82 Å². The maximum atomic E-state index is 4.50. The first kappa shape index (κ1) is 11.1. The van der Waals surface area contributed by atoms with Gasteiger partial charge in [-0.05, 0) is 19.5 Å². The standard InChI is InChI=1S/C11H19N3/c1-5-12-7-10-6-9(4)13-11(14-10)8(2)3/h6,8,12H,5,7H2,1-4H3. The highest BCUT2D eigenvalue weighted by atomic mass is 14.9. The topological polar surface area (TPSA) is 37.8 Å². The molecule has 1 heterocycles. The molecule has 78 valence electrons. The highest BCUT2D eigenvalue weighted by Gasteiger charge is 2.05. The number of nitrogens with zero attached hydrogens (tertiary/aromatic N) is 2. The number of rotatable bonds is 4. The lowest BCUT2D eigenvalue weighted by atomic mass is 10.2. The summed E-state index contributed by atoms with van der Waals surface area (Å²) in [5.41, 5.74) is 2.14. The molecule has 0 atom stereocenters. The summed E-state index contributed by atoms with van der Waals surface area (Å²) in [5, 5.41) is 3.27. The van der Waals surface area contributed by atoms with Crippen molar-refractivity contribution in [1.29, 1.82) is 0 Å². The van der Waals surface area contributed by atoms with E-state index in [2.05, 4.69) is 36.1 Å². The largest absolute Gasteiger partial charge is 0.311 e. The molecule has 3 nitrogen and oxygen atoms in total. The van der Waals surface area contributed by atoms with Crippen molar-refractivity contribution in [2.45, 2.75) is 40.2 Å². The van der Waals surface area contributed by atoms with E-state index in [1.165, 1.54) is 0 Å². The lowest BCUT2D eigenvalue weighted by molar-refractivity contribution is 0.683. The van der Waals surface area contributed by atoms with Crippen molar-refractivity contribution in [3.63, 3.8) is 0 Å². The molecule has 0 bridgehead atoms. The molecule has 0 radical (unpaired) electrons. The molecule has 1 aromatic heterocycles. The molecule has 0 aromatic carbocycles. The first-order valence-electron chi connectivity index (χ1n) is 5.18. The number of aryl methyl sites for hydroxylation is 1. The van der Waals surface area contributed by atoms with Gasteiger partial charge in [0.25, 0.3) is 0 Å². The van der Waals surface area contributed by atoms with Crippen molar-refractivity contribution in [3.05, 3.63) is 23.3 Å². The van der Waals surface area contributed by atoms with Crippen LogP contribution in [0.5, 0.6) is 0 Å². The van der Waals surface area contributed by atoms with Gasteiger partial charge in [-0.15, -0.1) is 0 Å². The van der Waals surface area contributed by atoms with Crippen molar-refractivity contribution in [3.8, 4) is 0 Å². The van der Waals surface area contributed by atoms with Crippen LogP contribution in [0.3, 0.4) is 0 Å². The molecule has 1 N–H and O–H groups in total. The van der Waals surface area contributed by atoms with Crippen LogP contribution in [-0.2, 0) is 6.54 Å². The van der Waals surface area contributed by atoms with E-state index in [0.717, 1.165) is 30.3 Å². The second kappa shape index (κ2) is 5.05. The number of aromatic nitrogens is 2. The first-order valence-corrected chi connectivity index (χ1v) is 5.18. The van der Waals surface area contributed by atoms with Crippen LogP contribution in [0.1, 0.15) is 43.9 Å². The van der Waals surface area contributed by atoms with Crippen molar-refractivity contribution >= 4 is 0 Å². The second-order valence-corrected chi connectivity index (χ2v) is 3.79. The van der Waals surface area contributed by atoms with Crippen LogP contribution in [-0.4, -0.2) is 16.5 Å². The molecule has 1 rings (SSSR count). The molecule has 0 fully saturated rings.